The number of hydrogen-bond donors (Lipinski definition) is 0. The van der Waals surface area contributed by atoms with Crippen molar-refractivity contribution < 1.29 is 27.1 Å². The standard InChI is InChI=1S/C14H18F3NO3/c15-14(16,17)10-18(8-12-6-3-7-20-12)13(19)9-21-11-4-1-2-5-11/h3,6-7,11H,1-2,4-5,8-10H2. The second-order valence-electron chi connectivity index (χ2n) is 5.16. The van der Waals surface area contributed by atoms with Crippen LogP contribution in [0.25, 0.3) is 0 Å². The van der Waals surface area contributed by atoms with E-state index in [2.05, 4.69) is 0 Å². The summed E-state index contributed by atoms with van der Waals surface area (Å²) >= 11 is 0. The minimum absolute atomic E-state index is 0.00898. The van der Waals surface area contributed by atoms with Crippen LogP contribution in [0.15, 0.2) is 22.8 Å². The fourth-order valence-electron chi connectivity index (χ4n) is 2.37. The number of rotatable bonds is 6. The minimum Gasteiger partial charge on any atom is -0.467 e. The van der Waals surface area contributed by atoms with Crippen LogP contribution in [0.4, 0.5) is 13.2 Å². The molecule has 1 aromatic rings. The third-order valence-electron chi connectivity index (χ3n) is 3.39. The van der Waals surface area contributed by atoms with Crippen molar-refractivity contribution in [1.82, 2.24) is 4.90 Å². The van der Waals surface area contributed by atoms with Gasteiger partial charge in [-0.3, -0.25) is 4.79 Å². The molecule has 118 valence electrons. The van der Waals surface area contributed by atoms with Crippen molar-refractivity contribution in [3.8, 4) is 0 Å². The first-order valence-electron chi connectivity index (χ1n) is 6.92. The van der Waals surface area contributed by atoms with Gasteiger partial charge in [-0.25, -0.2) is 0 Å². The highest BCUT2D eigenvalue weighted by atomic mass is 19.4. The lowest BCUT2D eigenvalue weighted by molar-refractivity contribution is -0.166. The molecule has 0 bridgehead atoms. The van der Waals surface area contributed by atoms with E-state index in [4.69, 9.17) is 9.15 Å². The average molecular weight is 305 g/mol. The zero-order valence-electron chi connectivity index (χ0n) is 11.6. The molecule has 0 unspecified atom stereocenters. The molecule has 0 N–H and O–H groups in total. The van der Waals surface area contributed by atoms with Crippen LogP contribution in [-0.4, -0.2) is 36.2 Å². The number of carbonyl (C=O) groups is 1. The molecule has 7 heteroatoms. The molecule has 1 aliphatic carbocycles. The van der Waals surface area contributed by atoms with Gasteiger partial charge in [-0.15, -0.1) is 0 Å². The molecule has 1 aliphatic rings. The van der Waals surface area contributed by atoms with Crippen LogP contribution in [0.3, 0.4) is 0 Å². The summed E-state index contributed by atoms with van der Waals surface area (Å²) in [5.74, 6) is -0.357. The quantitative estimate of drug-likeness (QED) is 0.811. The number of furan rings is 1. The predicted molar refractivity (Wildman–Crippen MR) is 68.4 cm³/mol. The number of alkyl halides is 3. The van der Waals surface area contributed by atoms with E-state index < -0.39 is 18.6 Å². The van der Waals surface area contributed by atoms with Crippen molar-refractivity contribution in [1.29, 1.82) is 0 Å². The Balaban J connectivity index is 1.91. The van der Waals surface area contributed by atoms with E-state index in [0.29, 0.717) is 10.7 Å². The smallest absolute Gasteiger partial charge is 0.406 e. The SMILES string of the molecule is O=C(COC1CCCC1)N(Cc1ccco1)CC(F)(F)F. The minimum atomic E-state index is -4.45. The van der Waals surface area contributed by atoms with Crippen LogP contribution in [-0.2, 0) is 16.1 Å². The van der Waals surface area contributed by atoms with E-state index in [9.17, 15) is 18.0 Å². The normalized spacial score (nSPS) is 16.3. The molecule has 0 aliphatic heterocycles. The maximum Gasteiger partial charge on any atom is 0.406 e. The first kappa shape index (κ1) is 15.9. The van der Waals surface area contributed by atoms with Crippen molar-refractivity contribution in [2.45, 2.75) is 44.5 Å². The Morgan fingerprint density at radius 2 is 2.10 bits per heavy atom. The maximum atomic E-state index is 12.6. The second-order valence-corrected chi connectivity index (χ2v) is 5.16. The summed E-state index contributed by atoms with van der Waals surface area (Å²) in [6, 6.07) is 3.11. The molecule has 0 radical (unpaired) electrons. The molecule has 0 saturated heterocycles. The molecule has 0 aromatic carbocycles. The van der Waals surface area contributed by atoms with Gasteiger partial charge < -0.3 is 14.1 Å². The van der Waals surface area contributed by atoms with Gasteiger partial charge in [0.2, 0.25) is 5.91 Å². The van der Waals surface area contributed by atoms with E-state index in [1.165, 1.54) is 12.3 Å². The Hall–Kier alpha value is -1.50. The molecule has 1 amide bonds. The van der Waals surface area contributed by atoms with Gasteiger partial charge in [-0.05, 0) is 25.0 Å². The fraction of sp³-hybridized carbons (Fsp3) is 0.643. The first-order valence-corrected chi connectivity index (χ1v) is 6.92. The Morgan fingerprint density at radius 1 is 1.38 bits per heavy atom. The Bertz CT molecular complexity index is 439. The monoisotopic (exact) mass is 305 g/mol. The van der Waals surface area contributed by atoms with Gasteiger partial charge in [0.25, 0.3) is 0 Å². The molecule has 0 atom stereocenters. The van der Waals surface area contributed by atoms with E-state index in [1.54, 1.807) is 6.07 Å². The highest BCUT2D eigenvalue weighted by Crippen LogP contribution is 2.22. The van der Waals surface area contributed by atoms with Gasteiger partial charge in [0.15, 0.2) is 0 Å². The maximum absolute atomic E-state index is 12.6. The van der Waals surface area contributed by atoms with Gasteiger partial charge >= 0.3 is 6.18 Å². The lowest BCUT2D eigenvalue weighted by atomic mass is 10.3. The van der Waals surface area contributed by atoms with E-state index >= 15 is 0 Å². The van der Waals surface area contributed by atoms with Crippen LogP contribution >= 0.6 is 0 Å². The summed E-state index contributed by atoms with van der Waals surface area (Å²) in [6.45, 7) is -1.83. The van der Waals surface area contributed by atoms with Gasteiger partial charge in [0.1, 0.15) is 18.9 Å². The van der Waals surface area contributed by atoms with Crippen molar-refractivity contribution in [2.24, 2.45) is 0 Å². The lowest BCUT2D eigenvalue weighted by Crippen LogP contribution is -2.40. The zero-order chi connectivity index (χ0) is 15.3. The number of amides is 1. The molecule has 1 fully saturated rings. The van der Waals surface area contributed by atoms with E-state index in [0.717, 1.165) is 25.7 Å². The summed E-state index contributed by atoms with van der Waals surface area (Å²) in [5.41, 5.74) is 0. The highest BCUT2D eigenvalue weighted by molar-refractivity contribution is 5.77. The number of halogens is 3. The number of ether oxygens (including phenoxy) is 1. The number of hydrogen-bond acceptors (Lipinski definition) is 3. The van der Waals surface area contributed by atoms with Crippen molar-refractivity contribution >= 4 is 5.91 Å². The van der Waals surface area contributed by atoms with Gasteiger partial charge in [-0.1, -0.05) is 12.8 Å². The zero-order valence-corrected chi connectivity index (χ0v) is 11.6. The molecule has 1 saturated carbocycles. The molecule has 1 aromatic heterocycles. The lowest BCUT2D eigenvalue weighted by Gasteiger charge is -2.23. The second kappa shape index (κ2) is 6.98. The number of nitrogens with zero attached hydrogens (tertiary/aromatic N) is 1. The largest absolute Gasteiger partial charge is 0.467 e. The third kappa shape index (κ3) is 5.41. The van der Waals surface area contributed by atoms with Crippen LogP contribution in [0.1, 0.15) is 31.4 Å². The van der Waals surface area contributed by atoms with Crippen molar-refractivity contribution in [3.63, 3.8) is 0 Å². The van der Waals surface area contributed by atoms with Gasteiger partial charge in [0.05, 0.1) is 18.9 Å². The van der Waals surface area contributed by atoms with Crippen LogP contribution in [0, 0.1) is 0 Å². The summed E-state index contributed by atoms with van der Waals surface area (Å²) in [7, 11) is 0. The van der Waals surface area contributed by atoms with Gasteiger partial charge in [-0.2, -0.15) is 13.2 Å². The summed E-state index contributed by atoms with van der Waals surface area (Å²) in [4.78, 5) is 12.7. The summed E-state index contributed by atoms with van der Waals surface area (Å²) in [5, 5.41) is 0. The number of carbonyl (C=O) groups excluding carboxylic acids is 1. The van der Waals surface area contributed by atoms with Crippen LogP contribution in [0.5, 0.6) is 0 Å². The Labute approximate surface area is 120 Å². The highest BCUT2D eigenvalue weighted by Gasteiger charge is 2.33. The molecular weight excluding hydrogens is 287 g/mol. The molecule has 0 spiro atoms. The predicted octanol–water partition coefficient (Wildman–Crippen LogP) is 3.13. The molecule has 21 heavy (non-hydrogen) atoms. The summed E-state index contributed by atoms with van der Waals surface area (Å²) in [6.07, 6.45) is 0.714. The average Bonchev–Trinajstić information content (AvgIpc) is 3.06. The Kier molecular flexibility index (Phi) is 5.27. The molecule has 4 nitrogen and oxygen atoms in total. The summed E-state index contributed by atoms with van der Waals surface area (Å²) < 4.78 is 48.1. The molecule has 1 heterocycles. The molecule has 2 rings (SSSR count). The van der Waals surface area contributed by atoms with Crippen LogP contribution in [0.2, 0.25) is 0 Å². The van der Waals surface area contributed by atoms with Crippen molar-refractivity contribution in [3.05, 3.63) is 24.2 Å². The van der Waals surface area contributed by atoms with Crippen molar-refractivity contribution in [2.75, 3.05) is 13.2 Å². The van der Waals surface area contributed by atoms with E-state index in [1.807, 2.05) is 0 Å². The first-order chi connectivity index (χ1) is 9.94. The van der Waals surface area contributed by atoms with E-state index in [-0.39, 0.29) is 19.3 Å². The third-order valence-corrected chi connectivity index (χ3v) is 3.39. The van der Waals surface area contributed by atoms with Crippen LogP contribution < -0.4 is 0 Å². The molecular formula is C14H18F3NO3. The fourth-order valence-corrected chi connectivity index (χ4v) is 2.37. The topological polar surface area (TPSA) is 42.7 Å². The Morgan fingerprint density at radius 3 is 2.67 bits per heavy atom. The van der Waals surface area contributed by atoms with Gasteiger partial charge in [0, 0.05) is 0 Å².